The molecule has 0 fully saturated rings. The van der Waals surface area contributed by atoms with E-state index in [1.807, 2.05) is 6.07 Å². The van der Waals surface area contributed by atoms with Crippen LogP contribution >= 0.6 is 0 Å². The van der Waals surface area contributed by atoms with Crippen LogP contribution in [0.25, 0.3) is 0 Å². The molecule has 0 saturated carbocycles. The molecule has 0 bridgehead atoms. The zero-order chi connectivity index (χ0) is 10.6. The van der Waals surface area contributed by atoms with Gasteiger partial charge in [-0.1, -0.05) is 13.8 Å². The van der Waals surface area contributed by atoms with E-state index in [0.29, 0.717) is 18.8 Å². The lowest BCUT2D eigenvalue weighted by molar-refractivity contribution is -0.118. The Morgan fingerprint density at radius 1 is 1.50 bits per heavy atom. The predicted octanol–water partition coefficient (Wildman–Crippen LogP) is 1.02. The van der Waals surface area contributed by atoms with Crippen LogP contribution in [0.3, 0.4) is 0 Å². The third-order valence-electron chi connectivity index (χ3n) is 1.96. The van der Waals surface area contributed by atoms with Gasteiger partial charge in [-0.25, -0.2) is 9.97 Å². The molecule has 0 atom stereocenters. The highest BCUT2D eigenvalue weighted by Crippen LogP contribution is 2.11. The van der Waals surface area contributed by atoms with Crippen LogP contribution in [0.2, 0.25) is 0 Å². The lowest BCUT2D eigenvalue weighted by Crippen LogP contribution is -2.12. The van der Waals surface area contributed by atoms with Gasteiger partial charge in [-0.15, -0.1) is 0 Å². The molecule has 0 aliphatic heterocycles. The van der Waals surface area contributed by atoms with Crippen molar-refractivity contribution in [3.63, 3.8) is 0 Å². The van der Waals surface area contributed by atoms with Crippen LogP contribution in [0.1, 0.15) is 37.6 Å². The number of aryl methyl sites for hydroxylation is 1. The summed E-state index contributed by atoms with van der Waals surface area (Å²) >= 11 is 0. The summed E-state index contributed by atoms with van der Waals surface area (Å²) in [5.41, 5.74) is 6.93. The Morgan fingerprint density at radius 2 is 2.21 bits per heavy atom. The Bertz CT molecular complexity index is 323. The molecule has 0 aliphatic carbocycles. The highest BCUT2D eigenvalue weighted by molar-refractivity contribution is 5.73. The maximum atomic E-state index is 10.6. The number of hydrogen-bond donors (Lipinski definition) is 1. The Morgan fingerprint density at radius 3 is 2.79 bits per heavy atom. The van der Waals surface area contributed by atoms with Crippen molar-refractivity contribution in [2.75, 3.05) is 0 Å². The normalized spacial score (nSPS) is 10.5. The maximum absolute atomic E-state index is 10.6. The van der Waals surface area contributed by atoms with E-state index in [1.54, 1.807) is 0 Å². The molecule has 4 heteroatoms. The van der Waals surface area contributed by atoms with Gasteiger partial charge >= 0.3 is 0 Å². The predicted molar refractivity (Wildman–Crippen MR) is 53.6 cm³/mol. The van der Waals surface area contributed by atoms with Crippen molar-refractivity contribution < 1.29 is 4.79 Å². The van der Waals surface area contributed by atoms with Gasteiger partial charge in [0, 0.05) is 17.8 Å². The van der Waals surface area contributed by atoms with E-state index in [1.165, 1.54) is 6.33 Å². The van der Waals surface area contributed by atoms with Gasteiger partial charge in [-0.2, -0.15) is 0 Å². The third-order valence-corrected chi connectivity index (χ3v) is 1.96. The van der Waals surface area contributed by atoms with Gasteiger partial charge in [0.25, 0.3) is 0 Å². The van der Waals surface area contributed by atoms with Crippen molar-refractivity contribution in [3.8, 4) is 0 Å². The summed E-state index contributed by atoms with van der Waals surface area (Å²) in [6.45, 7) is 4.14. The zero-order valence-corrected chi connectivity index (χ0v) is 8.53. The van der Waals surface area contributed by atoms with Crippen LogP contribution in [0, 0.1) is 0 Å². The van der Waals surface area contributed by atoms with Gasteiger partial charge in [0.2, 0.25) is 5.91 Å². The van der Waals surface area contributed by atoms with E-state index in [4.69, 9.17) is 5.73 Å². The molecule has 1 amide bonds. The van der Waals surface area contributed by atoms with Crippen molar-refractivity contribution in [1.82, 2.24) is 9.97 Å². The van der Waals surface area contributed by atoms with Crippen LogP contribution in [-0.2, 0) is 11.2 Å². The molecule has 1 heterocycles. The first-order valence-electron chi connectivity index (χ1n) is 4.68. The van der Waals surface area contributed by atoms with E-state index in [0.717, 1.165) is 11.4 Å². The highest BCUT2D eigenvalue weighted by Gasteiger charge is 2.03. The number of hydrogen-bond acceptors (Lipinski definition) is 3. The standard InChI is InChI=1S/C10H15N3O/c1-7(2)9-5-8(12-6-13-9)3-4-10(11)14/h5-7H,3-4H2,1-2H3,(H2,11,14). The van der Waals surface area contributed by atoms with E-state index in [-0.39, 0.29) is 5.91 Å². The Hall–Kier alpha value is -1.45. The second-order valence-corrected chi connectivity index (χ2v) is 3.56. The first kappa shape index (κ1) is 10.6. The van der Waals surface area contributed by atoms with Gasteiger partial charge in [0.05, 0.1) is 0 Å². The molecule has 1 rings (SSSR count). The van der Waals surface area contributed by atoms with Crippen LogP contribution in [0.15, 0.2) is 12.4 Å². The molecule has 0 unspecified atom stereocenters. The molecule has 1 aromatic heterocycles. The van der Waals surface area contributed by atoms with Crippen LogP contribution < -0.4 is 5.73 Å². The lowest BCUT2D eigenvalue weighted by Gasteiger charge is -2.05. The molecular formula is C10H15N3O. The van der Waals surface area contributed by atoms with Gasteiger partial charge in [0.15, 0.2) is 0 Å². The minimum atomic E-state index is -0.297. The fourth-order valence-electron chi connectivity index (χ4n) is 1.12. The topological polar surface area (TPSA) is 68.9 Å². The summed E-state index contributed by atoms with van der Waals surface area (Å²) < 4.78 is 0. The molecule has 0 spiro atoms. The van der Waals surface area contributed by atoms with Gasteiger partial charge in [-0.05, 0) is 18.4 Å². The van der Waals surface area contributed by atoms with Crippen molar-refractivity contribution in [2.24, 2.45) is 5.73 Å². The number of primary amides is 1. The summed E-state index contributed by atoms with van der Waals surface area (Å²) in [7, 11) is 0. The Balaban J connectivity index is 2.68. The summed E-state index contributed by atoms with van der Waals surface area (Å²) in [6, 6.07) is 1.92. The van der Waals surface area contributed by atoms with Crippen molar-refractivity contribution >= 4 is 5.91 Å². The van der Waals surface area contributed by atoms with Gasteiger partial charge < -0.3 is 5.73 Å². The molecule has 0 aliphatic rings. The lowest BCUT2D eigenvalue weighted by atomic mass is 10.1. The Labute approximate surface area is 83.6 Å². The smallest absolute Gasteiger partial charge is 0.217 e. The minimum Gasteiger partial charge on any atom is -0.370 e. The van der Waals surface area contributed by atoms with Crippen molar-refractivity contribution in [2.45, 2.75) is 32.6 Å². The van der Waals surface area contributed by atoms with Crippen LogP contribution in [0.4, 0.5) is 0 Å². The minimum absolute atomic E-state index is 0.297. The van der Waals surface area contributed by atoms with Gasteiger partial charge in [0.1, 0.15) is 6.33 Å². The molecule has 0 saturated heterocycles. The number of amides is 1. The largest absolute Gasteiger partial charge is 0.370 e. The monoisotopic (exact) mass is 193 g/mol. The van der Waals surface area contributed by atoms with Crippen molar-refractivity contribution in [3.05, 3.63) is 23.8 Å². The van der Waals surface area contributed by atoms with E-state index < -0.39 is 0 Å². The molecule has 0 radical (unpaired) electrons. The van der Waals surface area contributed by atoms with Crippen LogP contribution in [0.5, 0.6) is 0 Å². The molecule has 14 heavy (non-hydrogen) atoms. The molecule has 4 nitrogen and oxygen atoms in total. The van der Waals surface area contributed by atoms with E-state index >= 15 is 0 Å². The number of nitrogens with two attached hydrogens (primary N) is 1. The fourth-order valence-corrected chi connectivity index (χ4v) is 1.12. The molecule has 76 valence electrons. The first-order chi connectivity index (χ1) is 6.59. The molecule has 0 aromatic carbocycles. The van der Waals surface area contributed by atoms with Crippen molar-refractivity contribution in [1.29, 1.82) is 0 Å². The first-order valence-corrected chi connectivity index (χ1v) is 4.68. The van der Waals surface area contributed by atoms with E-state index in [9.17, 15) is 4.79 Å². The number of carbonyl (C=O) groups excluding carboxylic acids is 1. The average Bonchev–Trinajstić information content (AvgIpc) is 2.15. The number of aromatic nitrogens is 2. The maximum Gasteiger partial charge on any atom is 0.217 e. The van der Waals surface area contributed by atoms with E-state index in [2.05, 4.69) is 23.8 Å². The summed E-state index contributed by atoms with van der Waals surface area (Å²) in [4.78, 5) is 18.8. The molecule has 2 N–H and O–H groups in total. The third kappa shape index (κ3) is 3.12. The molecule has 1 aromatic rings. The SMILES string of the molecule is CC(C)c1cc(CCC(N)=O)ncn1. The second kappa shape index (κ2) is 4.69. The number of nitrogens with zero attached hydrogens (tertiary/aromatic N) is 2. The summed E-state index contributed by atoms with van der Waals surface area (Å²) in [5.74, 6) is 0.0834. The van der Waals surface area contributed by atoms with Gasteiger partial charge in [-0.3, -0.25) is 4.79 Å². The average molecular weight is 193 g/mol. The fraction of sp³-hybridized carbons (Fsp3) is 0.500. The number of rotatable bonds is 4. The highest BCUT2D eigenvalue weighted by atomic mass is 16.1. The molecular weight excluding hydrogens is 178 g/mol. The van der Waals surface area contributed by atoms with Crippen LogP contribution in [-0.4, -0.2) is 15.9 Å². The summed E-state index contributed by atoms with van der Waals surface area (Å²) in [6.07, 6.45) is 2.47. The Kier molecular flexibility index (Phi) is 3.56. The second-order valence-electron chi connectivity index (χ2n) is 3.56. The quantitative estimate of drug-likeness (QED) is 0.776. The summed E-state index contributed by atoms with van der Waals surface area (Å²) in [5, 5.41) is 0. The zero-order valence-electron chi connectivity index (χ0n) is 8.53. The number of carbonyl (C=O) groups is 1.